The molecule has 1 aromatic heterocycles. The summed E-state index contributed by atoms with van der Waals surface area (Å²) in [5, 5.41) is 9.83. The minimum Gasteiger partial charge on any atom is -0.493 e. The molecule has 3 rings (SSSR count). The Labute approximate surface area is 198 Å². The van der Waals surface area contributed by atoms with Crippen molar-refractivity contribution in [3.63, 3.8) is 0 Å². The van der Waals surface area contributed by atoms with Crippen LogP contribution in [-0.2, 0) is 6.61 Å². The second-order valence-corrected chi connectivity index (χ2v) is 8.11. The molecule has 1 heterocycles. The Morgan fingerprint density at radius 2 is 1.66 bits per heavy atom. The third-order valence-corrected chi connectivity index (χ3v) is 4.52. The van der Waals surface area contributed by atoms with E-state index in [-0.39, 0.29) is 24.5 Å². The van der Waals surface area contributed by atoms with Gasteiger partial charge in [-0.15, -0.1) is 13.2 Å². The average Bonchev–Trinajstić information content (AvgIpc) is 2.76. The van der Waals surface area contributed by atoms with E-state index in [9.17, 15) is 27.5 Å². The first-order valence-electron chi connectivity index (χ1n) is 10.3. The summed E-state index contributed by atoms with van der Waals surface area (Å²) in [6, 6.07) is 10.5. The molecule has 1 N–H and O–H groups in total. The minimum atomic E-state index is -5.00. The van der Waals surface area contributed by atoms with Gasteiger partial charge in [0, 0.05) is 18.3 Å². The predicted octanol–water partition coefficient (Wildman–Crippen LogP) is 4.61. The number of pyridine rings is 1. The number of aliphatic hydroxyl groups is 1. The fraction of sp³-hybridized carbons (Fsp3) is 0.292. The first kappa shape index (κ1) is 25.9. The Balaban J connectivity index is 1.71. The van der Waals surface area contributed by atoms with Crippen LogP contribution in [0, 0.1) is 5.82 Å². The summed E-state index contributed by atoms with van der Waals surface area (Å²) in [5.41, 5.74) is -0.750. The third-order valence-electron chi connectivity index (χ3n) is 4.52. The van der Waals surface area contributed by atoms with E-state index in [1.165, 1.54) is 36.1 Å². The van der Waals surface area contributed by atoms with Gasteiger partial charge in [-0.25, -0.2) is 4.39 Å². The van der Waals surface area contributed by atoms with Gasteiger partial charge >= 0.3 is 6.36 Å². The molecule has 0 amide bonds. The number of halogens is 4. The largest absolute Gasteiger partial charge is 0.573 e. The number of hydrogen-bond acceptors (Lipinski definition) is 6. The van der Waals surface area contributed by atoms with Gasteiger partial charge in [-0.1, -0.05) is 6.07 Å². The van der Waals surface area contributed by atoms with E-state index in [1.807, 2.05) is 0 Å². The molecule has 0 bridgehead atoms. The van der Waals surface area contributed by atoms with Gasteiger partial charge in [-0.05, 0) is 49.7 Å². The lowest BCUT2D eigenvalue weighted by Crippen LogP contribution is -2.28. The number of nitrogens with zero attached hydrogens (tertiary/aromatic N) is 1. The van der Waals surface area contributed by atoms with Crippen molar-refractivity contribution in [1.29, 1.82) is 0 Å². The van der Waals surface area contributed by atoms with E-state index in [2.05, 4.69) is 4.74 Å². The first-order valence-corrected chi connectivity index (χ1v) is 10.3. The summed E-state index contributed by atoms with van der Waals surface area (Å²) >= 11 is 0. The Kier molecular flexibility index (Phi) is 7.59. The van der Waals surface area contributed by atoms with Crippen LogP contribution in [0.4, 0.5) is 17.6 Å². The Bertz CT molecular complexity index is 1230. The maximum atomic E-state index is 13.8. The monoisotopic (exact) mass is 497 g/mol. The van der Waals surface area contributed by atoms with Crippen molar-refractivity contribution >= 4 is 0 Å². The molecule has 2 aromatic carbocycles. The molecule has 0 aliphatic heterocycles. The molecule has 7 nitrogen and oxygen atoms in total. The van der Waals surface area contributed by atoms with Crippen molar-refractivity contribution in [2.75, 3.05) is 13.7 Å². The molecule has 0 aliphatic carbocycles. The van der Waals surface area contributed by atoms with Crippen molar-refractivity contribution in [2.24, 2.45) is 0 Å². The molecule has 35 heavy (non-hydrogen) atoms. The van der Waals surface area contributed by atoms with Gasteiger partial charge < -0.3 is 24.1 Å². The second-order valence-electron chi connectivity index (χ2n) is 8.11. The van der Waals surface area contributed by atoms with Crippen LogP contribution in [0.15, 0.2) is 59.5 Å². The van der Waals surface area contributed by atoms with Crippen molar-refractivity contribution < 1.29 is 41.6 Å². The average molecular weight is 497 g/mol. The summed E-state index contributed by atoms with van der Waals surface area (Å²) in [5.74, 6) is -1.21. The third kappa shape index (κ3) is 7.38. The molecule has 0 atom stereocenters. The lowest BCUT2D eigenvalue weighted by atomic mass is 10.2. The number of hydrogen-bond donors (Lipinski definition) is 1. The highest BCUT2D eigenvalue weighted by Crippen LogP contribution is 2.30. The van der Waals surface area contributed by atoms with Gasteiger partial charge in [0.05, 0.1) is 18.4 Å². The summed E-state index contributed by atoms with van der Waals surface area (Å²) in [7, 11) is 1.44. The molecule has 188 valence electrons. The van der Waals surface area contributed by atoms with E-state index >= 15 is 0 Å². The molecule has 0 saturated carbocycles. The van der Waals surface area contributed by atoms with Gasteiger partial charge in [0.25, 0.3) is 5.56 Å². The van der Waals surface area contributed by atoms with Gasteiger partial charge in [0.1, 0.15) is 19.0 Å². The number of methoxy groups -OCH3 is 1. The summed E-state index contributed by atoms with van der Waals surface area (Å²) in [6.45, 7) is 3.06. The quantitative estimate of drug-likeness (QED) is 0.435. The SMILES string of the molecule is COc1cc(-n2ccc(OCc3ccc(OC(F)(F)F)c(F)c3)cc2=O)ccc1OCC(C)(C)O. The smallest absolute Gasteiger partial charge is 0.493 e. The van der Waals surface area contributed by atoms with E-state index in [0.29, 0.717) is 17.2 Å². The van der Waals surface area contributed by atoms with E-state index in [4.69, 9.17) is 14.2 Å². The fourth-order valence-electron chi connectivity index (χ4n) is 2.95. The zero-order valence-corrected chi connectivity index (χ0v) is 19.1. The van der Waals surface area contributed by atoms with Gasteiger partial charge in [0.2, 0.25) is 0 Å². The zero-order valence-electron chi connectivity index (χ0n) is 19.1. The molecule has 0 spiro atoms. The molecule has 3 aromatic rings. The van der Waals surface area contributed by atoms with Crippen molar-refractivity contribution in [2.45, 2.75) is 32.4 Å². The number of alkyl halides is 3. The predicted molar refractivity (Wildman–Crippen MR) is 118 cm³/mol. The first-order chi connectivity index (χ1) is 16.3. The topological polar surface area (TPSA) is 79.2 Å². The Hall–Kier alpha value is -3.73. The number of aromatic nitrogens is 1. The van der Waals surface area contributed by atoms with Gasteiger partial charge in [-0.3, -0.25) is 9.36 Å². The van der Waals surface area contributed by atoms with Crippen LogP contribution >= 0.6 is 0 Å². The molecule has 0 fully saturated rings. The van der Waals surface area contributed by atoms with Gasteiger partial charge in [-0.2, -0.15) is 0 Å². The van der Waals surface area contributed by atoms with Crippen molar-refractivity contribution in [3.05, 3.63) is 76.5 Å². The maximum absolute atomic E-state index is 13.8. The summed E-state index contributed by atoms with van der Waals surface area (Å²) in [4.78, 5) is 12.6. The van der Waals surface area contributed by atoms with E-state index in [0.717, 1.165) is 12.1 Å². The van der Waals surface area contributed by atoms with Crippen LogP contribution < -0.4 is 24.5 Å². The van der Waals surface area contributed by atoms with Crippen LogP contribution in [0.5, 0.6) is 23.0 Å². The molecular formula is C24H23F4NO6. The lowest BCUT2D eigenvalue weighted by molar-refractivity contribution is -0.275. The zero-order chi connectivity index (χ0) is 25.8. The Morgan fingerprint density at radius 1 is 0.943 bits per heavy atom. The summed E-state index contributed by atoms with van der Waals surface area (Å²) < 4.78 is 71.9. The molecule has 0 unspecified atom stereocenters. The molecule has 0 aliphatic rings. The lowest BCUT2D eigenvalue weighted by Gasteiger charge is -2.19. The highest BCUT2D eigenvalue weighted by molar-refractivity contribution is 5.49. The maximum Gasteiger partial charge on any atom is 0.573 e. The van der Waals surface area contributed by atoms with Crippen molar-refractivity contribution in [1.82, 2.24) is 4.57 Å². The van der Waals surface area contributed by atoms with E-state index < -0.39 is 29.1 Å². The van der Waals surface area contributed by atoms with Gasteiger partial charge in [0.15, 0.2) is 23.1 Å². The highest BCUT2D eigenvalue weighted by Gasteiger charge is 2.32. The molecule has 11 heteroatoms. The number of benzene rings is 2. The van der Waals surface area contributed by atoms with Crippen LogP contribution in [0.3, 0.4) is 0 Å². The van der Waals surface area contributed by atoms with Crippen molar-refractivity contribution in [3.8, 4) is 28.7 Å². The standard InChI is InChI=1S/C24H23F4NO6/c1-23(2,31)14-34-20-7-5-16(11-21(20)32-3)29-9-8-17(12-22(29)30)33-13-15-4-6-19(18(25)10-15)35-24(26,27)28/h4-12,31H,13-14H2,1-3H3. The van der Waals surface area contributed by atoms with E-state index in [1.54, 1.807) is 32.0 Å². The molecule has 0 radical (unpaired) electrons. The Morgan fingerprint density at radius 3 is 2.26 bits per heavy atom. The second kappa shape index (κ2) is 10.3. The van der Waals surface area contributed by atoms with Crippen LogP contribution in [-0.4, -0.2) is 35.4 Å². The number of rotatable bonds is 9. The number of ether oxygens (including phenoxy) is 4. The van der Waals surface area contributed by atoms with Crippen LogP contribution in [0.25, 0.3) is 5.69 Å². The fourth-order valence-corrected chi connectivity index (χ4v) is 2.95. The minimum absolute atomic E-state index is 0.0384. The molecule has 0 saturated heterocycles. The highest BCUT2D eigenvalue weighted by atomic mass is 19.4. The normalized spacial score (nSPS) is 11.8. The van der Waals surface area contributed by atoms with Crippen LogP contribution in [0.1, 0.15) is 19.4 Å². The van der Waals surface area contributed by atoms with Crippen LogP contribution in [0.2, 0.25) is 0 Å². The molecular weight excluding hydrogens is 474 g/mol. The summed E-state index contributed by atoms with van der Waals surface area (Å²) in [6.07, 6.45) is -3.54.